The number of rotatable bonds is 7. The second kappa shape index (κ2) is 10.0. The van der Waals surface area contributed by atoms with Gasteiger partial charge in [-0.1, -0.05) is 12.1 Å². The van der Waals surface area contributed by atoms with E-state index in [1.165, 1.54) is 12.1 Å². The monoisotopic (exact) mass is 504 g/mol. The third-order valence-electron chi connectivity index (χ3n) is 3.99. The first-order valence-electron chi connectivity index (χ1n) is 8.69. The van der Waals surface area contributed by atoms with E-state index < -0.39 is 0 Å². The molecule has 7 heteroatoms. The number of methoxy groups -OCH3 is 1. The van der Waals surface area contributed by atoms with Crippen LogP contribution in [0.1, 0.15) is 21.5 Å². The fourth-order valence-corrected chi connectivity index (χ4v) is 2.98. The van der Waals surface area contributed by atoms with Gasteiger partial charge in [0.25, 0.3) is 5.91 Å². The van der Waals surface area contributed by atoms with Gasteiger partial charge in [0.2, 0.25) is 0 Å². The molecule has 1 N–H and O–H groups in total. The second-order valence-electron chi connectivity index (χ2n) is 6.03. The maximum absolute atomic E-state index is 12.9. The third kappa shape index (κ3) is 6.02. The van der Waals surface area contributed by atoms with E-state index >= 15 is 0 Å². The van der Waals surface area contributed by atoms with Crippen molar-refractivity contribution in [3.05, 3.63) is 92.8 Å². The van der Waals surface area contributed by atoms with Crippen molar-refractivity contribution in [1.82, 2.24) is 5.43 Å². The smallest absolute Gasteiger partial charge is 0.271 e. The molecule has 0 bridgehead atoms. The van der Waals surface area contributed by atoms with Crippen LogP contribution in [0, 0.1) is 9.39 Å². The second-order valence-corrected chi connectivity index (χ2v) is 7.19. The highest BCUT2D eigenvalue weighted by molar-refractivity contribution is 14.1. The van der Waals surface area contributed by atoms with Crippen molar-refractivity contribution >= 4 is 34.7 Å². The van der Waals surface area contributed by atoms with Gasteiger partial charge in [0.15, 0.2) is 0 Å². The molecule has 0 atom stereocenters. The normalized spacial score (nSPS) is 10.7. The maximum atomic E-state index is 12.9. The zero-order valence-corrected chi connectivity index (χ0v) is 17.7. The minimum absolute atomic E-state index is 0.273. The summed E-state index contributed by atoms with van der Waals surface area (Å²) >= 11 is 2.14. The predicted octanol–water partition coefficient (Wildman–Crippen LogP) is 4.78. The zero-order chi connectivity index (χ0) is 20.6. The molecule has 3 aromatic rings. The summed E-state index contributed by atoms with van der Waals surface area (Å²) in [5.74, 6) is 0.723. The van der Waals surface area contributed by atoms with Crippen molar-refractivity contribution < 1.29 is 18.7 Å². The molecule has 0 saturated heterocycles. The van der Waals surface area contributed by atoms with Crippen molar-refractivity contribution in [3.63, 3.8) is 0 Å². The summed E-state index contributed by atoms with van der Waals surface area (Å²) in [6.45, 7) is 0.350. The molecule has 3 rings (SSSR count). The molecule has 0 aromatic heterocycles. The summed E-state index contributed by atoms with van der Waals surface area (Å²) in [5.41, 5.74) is 4.64. The molecule has 0 saturated carbocycles. The largest absolute Gasteiger partial charge is 0.496 e. The summed E-state index contributed by atoms with van der Waals surface area (Å²) in [4.78, 5) is 12.2. The first-order valence-corrected chi connectivity index (χ1v) is 9.77. The molecule has 0 fully saturated rings. The fourth-order valence-electron chi connectivity index (χ4n) is 2.43. The quantitative estimate of drug-likeness (QED) is 0.286. The van der Waals surface area contributed by atoms with Crippen molar-refractivity contribution in [3.8, 4) is 11.5 Å². The number of hydrogen-bond donors (Lipinski definition) is 1. The van der Waals surface area contributed by atoms with Crippen LogP contribution in [-0.2, 0) is 6.61 Å². The standard InChI is InChI=1S/C22H18FIN2O3/c1-28-21-12-17(6-11-20(21)24)22(27)26-25-13-15-4-9-19(10-5-15)29-14-16-2-7-18(23)8-3-16/h2-13H,14H2,1H3,(H,26,27)/b25-13-. The molecule has 29 heavy (non-hydrogen) atoms. The van der Waals surface area contributed by atoms with E-state index in [4.69, 9.17) is 9.47 Å². The summed E-state index contributed by atoms with van der Waals surface area (Å²) in [7, 11) is 1.56. The number of carbonyl (C=O) groups is 1. The molecule has 0 radical (unpaired) electrons. The number of hydrazone groups is 1. The van der Waals surface area contributed by atoms with Crippen LogP contribution < -0.4 is 14.9 Å². The van der Waals surface area contributed by atoms with E-state index in [0.29, 0.717) is 23.7 Å². The van der Waals surface area contributed by atoms with Crippen LogP contribution >= 0.6 is 22.6 Å². The Labute approximate surface area is 181 Å². The Balaban J connectivity index is 1.53. The maximum Gasteiger partial charge on any atom is 0.271 e. The van der Waals surface area contributed by atoms with E-state index in [1.807, 2.05) is 18.2 Å². The topological polar surface area (TPSA) is 59.9 Å². The highest BCUT2D eigenvalue weighted by Crippen LogP contribution is 2.21. The van der Waals surface area contributed by atoms with Gasteiger partial charge < -0.3 is 9.47 Å². The molecular formula is C22H18FIN2O3. The minimum atomic E-state index is -0.324. The van der Waals surface area contributed by atoms with Crippen LogP contribution in [0.2, 0.25) is 0 Å². The predicted molar refractivity (Wildman–Crippen MR) is 118 cm³/mol. The van der Waals surface area contributed by atoms with Gasteiger partial charge in [-0.2, -0.15) is 5.10 Å². The Morgan fingerprint density at radius 1 is 1.10 bits per heavy atom. The van der Waals surface area contributed by atoms with Crippen LogP contribution in [0.15, 0.2) is 71.8 Å². The summed E-state index contributed by atoms with van der Waals surface area (Å²) in [5, 5.41) is 3.98. The van der Waals surface area contributed by atoms with Gasteiger partial charge >= 0.3 is 0 Å². The van der Waals surface area contributed by atoms with Gasteiger partial charge in [-0.3, -0.25) is 4.79 Å². The van der Waals surface area contributed by atoms with Crippen LogP contribution in [0.3, 0.4) is 0 Å². The van der Waals surface area contributed by atoms with E-state index in [9.17, 15) is 9.18 Å². The van der Waals surface area contributed by atoms with Crippen LogP contribution in [0.4, 0.5) is 4.39 Å². The van der Waals surface area contributed by atoms with Gasteiger partial charge in [0.05, 0.1) is 16.9 Å². The highest BCUT2D eigenvalue weighted by atomic mass is 127. The molecule has 5 nitrogen and oxygen atoms in total. The fraction of sp³-hybridized carbons (Fsp3) is 0.0909. The molecular weight excluding hydrogens is 486 g/mol. The molecule has 0 aliphatic carbocycles. The lowest BCUT2D eigenvalue weighted by Gasteiger charge is -2.07. The van der Waals surface area contributed by atoms with Crippen LogP contribution in [0.5, 0.6) is 11.5 Å². The molecule has 3 aromatic carbocycles. The number of benzene rings is 3. The number of nitrogens with one attached hydrogen (secondary N) is 1. The Kier molecular flexibility index (Phi) is 7.18. The average Bonchev–Trinajstić information content (AvgIpc) is 2.74. The first-order chi connectivity index (χ1) is 14.0. The van der Waals surface area contributed by atoms with Crippen molar-refractivity contribution in [1.29, 1.82) is 0 Å². The van der Waals surface area contributed by atoms with E-state index in [2.05, 4.69) is 33.1 Å². The Bertz CT molecular complexity index is 1010. The third-order valence-corrected chi connectivity index (χ3v) is 4.88. The summed E-state index contributed by atoms with van der Waals surface area (Å²) in [6, 6.07) is 18.6. The molecule has 0 unspecified atom stereocenters. The molecule has 0 aliphatic heterocycles. The average molecular weight is 504 g/mol. The molecule has 0 aliphatic rings. The van der Waals surface area contributed by atoms with Gasteiger partial charge in [-0.25, -0.2) is 9.82 Å². The van der Waals surface area contributed by atoms with Gasteiger partial charge in [0.1, 0.15) is 23.9 Å². The summed E-state index contributed by atoms with van der Waals surface area (Å²) in [6.07, 6.45) is 1.55. The molecule has 1 amide bonds. The Hall–Kier alpha value is -2.94. The lowest BCUT2D eigenvalue weighted by Crippen LogP contribution is -2.17. The van der Waals surface area contributed by atoms with Gasteiger partial charge in [-0.15, -0.1) is 0 Å². The van der Waals surface area contributed by atoms with Crippen molar-refractivity contribution in [2.45, 2.75) is 6.61 Å². The van der Waals surface area contributed by atoms with Gasteiger partial charge in [-0.05, 0) is 88.3 Å². The molecule has 148 valence electrons. The molecule has 0 heterocycles. The SMILES string of the molecule is COc1cc(C(=O)N/N=C\c2ccc(OCc3ccc(F)cc3)cc2)ccc1I. The van der Waals surface area contributed by atoms with Crippen molar-refractivity contribution in [2.75, 3.05) is 7.11 Å². The lowest BCUT2D eigenvalue weighted by molar-refractivity contribution is 0.0954. The Morgan fingerprint density at radius 2 is 1.83 bits per heavy atom. The van der Waals surface area contributed by atoms with Crippen molar-refractivity contribution in [2.24, 2.45) is 5.10 Å². The number of carbonyl (C=O) groups excluding carboxylic acids is 1. The molecule has 0 spiro atoms. The van der Waals surface area contributed by atoms with E-state index in [1.54, 1.807) is 49.7 Å². The van der Waals surface area contributed by atoms with Crippen LogP contribution in [-0.4, -0.2) is 19.2 Å². The number of amides is 1. The minimum Gasteiger partial charge on any atom is -0.496 e. The van der Waals surface area contributed by atoms with Gasteiger partial charge in [0, 0.05) is 5.56 Å². The van der Waals surface area contributed by atoms with Crippen LogP contribution in [0.25, 0.3) is 0 Å². The first kappa shape index (κ1) is 20.8. The number of nitrogens with zero attached hydrogens (tertiary/aromatic N) is 1. The summed E-state index contributed by atoms with van der Waals surface area (Å²) < 4.78 is 24.7. The van der Waals surface area contributed by atoms with E-state index in [-0.39, 0.29) is 11.7 Å². The number of ether oxygens (including phenoxy) is 2. The highest BCUT2D eigenvalue weighted by Gasteiger charge is 2.08. The zero-order valence-electron chi connectivity index (χ0n) is 15.6. The Morgan fingerprint density at radius 3 is 2.52 bits per heavy atom. The lowest BCUT2D eigenvalue weighted by atomic mass is 10.2. The number of halogens is 2. The number of hydrogen-bond acceptors (Lipinski definition) is 4. The van der Waals surface area contributed by atoms with E-state index in [0.717, 1.165) is 14.7 Å².